The van der Waals surface area contributed by atoms with Crippen LogP contribution in [0.15, 0.2) is 24.3 Å². The van der Waals surface area contributed by atoms with Gasteiger partial charge in [-0.15, -0.1) is 0 Å². The Hall–Kier alpha value is -2.30. The summed E-state index contributed by atoms with van der Waals surface area (Å²) in [5.41, 5.74) is 5.14. The first-order valence-corrected chi connectivity index (χ1v) is 8.68. The van der Waals surface area contributed by atoms with Gasteiger partial charge >= 0.3 is 0 Å². The molecule has 128 valence electrons. The molecule has 0 spiro atoms. The van der Waals surface area contributed by atoms with Gasteiger partial charge in [-0.3, -0.25) is 9.89 Å². The van der Waals surface area contributed by atoms with E-state index in [1.807, 2.05) is 11.8 Å². The van der Waals surface area contributed by atoms with Gasteiger partial charge in [-0.2, -0.15) is 5.10 Å². The lowest BCUT2D eigenvalue weighted by atomic mass is 10.1. The Morgan fingerprint density at radius 3 is 2.67 bits per heavy atom. The summed E-state index contributed by atoms with van der Waals surface area (Å²) in [5.74, 6) is 0.0420. The van der Waals surface area contributed by atoms with Gasteiger partial charge in [-0.05, 0) is 38.8 Å². The molecule has 0 bridgehead atoms. The van der Waals surface area contributed by atoms with Gasteiger partial charge in [-0.25, -0.2) is 0 Å². The van der Waals surface area contributed by atoms with Crippen molar-refractivity contribution < 1.29 is 4.79 Å². The van der Waals surface area contributed by atoms with E-state index in [2.05, 4.69) is 60.1 Å². The highest BCUT2D eigenvalue weighted by molar-refractivity contribution is 5.94. The Morgan fingerprint density at radius 2 is 2.04 bits per heavy atom. The standard InChI is InChI=1S/C19H26N4O/c1-5-16-15(4)18(21-20-16)19(24)23-11-10-22(12-14(23)3)17-9-7-6-8-13(17)2/h6-9,14H,5,10-12H2,1-4H3,(H,20,21)/t14-/m1/s1. The molecular weight excluding hydrogens is 300 g/mol. The number of carbonyl (C=O) groups excluding carboxylic acids is 1. The second kappa shape index (κ2) is 6.67. The number of para-hydroxylation sites is 1. The fourth-order valence-electron chi connectivity index (χ4n) is 3.52. The number of hydrogen-bond acceptors (Lipinski definition) is 3. The molecule has 0 unspecified atom stereocenters. The van der Waals surface area contributed by atoms with Crippen molar-refractivity contribution in [3.63, 3.8) is 0 Å². The van der Waals surface area contributed by atoms with Crippen LogP contribution in [0, 0.1) is 13.8 Å². The van der Waals surface area contributed by atoms with E-state index >= 15 is 0 Å². The zero-order chi connectivity index (χ0) is 17.3. The number of H-pyrrole nitrogens is 1. The van der Waals surface area contributed by atoms with E-state index in [-0.39, 0.29) is 11.9 Å². The summed E-state index contributed by atoms with van der Waals surface area (Å²) in [6, 6.07) is 8.59. The molecule has 5 heteroatoms. The molecule has 2 aromatic rings. The van der Waals surface area contributed by atoms with Gasteiger partial charge in [0.1, 0.15) is 0 Å². The number of amides is 1. The molecule has 1 saturated heterocycles. The SMILES string of the molecule is CCc1[nH]nc(C(=O)N2CCN(c3ccccc3C)C[C@H]2C)c1C. The minimum Gasteiger partial charge on any atom is -0.367 e. The predicted octanol–water partition coefficient (Wildman–Crippen LogP) is 2.94. The monoisotopic (exact) mass is 326 g/mol. The highest BCUT2D eigenvalue weighted by atomic mass is 16.2. The number of piperazine rings is 1. The molecule has 1 fully saturated rings. The number of nitrogens with zero attached hydrogens (tertiary/aromatic N) is 3. The number of aromatic amines is 1. The first-order valence-electron chi connectivity index (χ1n) is 8.68. The van der Waals surface area contributed by atoms with E-state index in [0.29, 0.717) is 5.69 Å². The number of aryl methyl sites for hydroxylation is 2. The zero-order valence-corrected chi connectivity index (χ0v) is 15.0. The van der Waals surface area contributed by atoms with Crippen LogP contribution in [0.25, 0.3) is 0 Å². The largest absolute Gasteiger partial charge is 0.367 e. The summed E-state index contributed by atoms with van der Waals surface area (Å²) in [5, 5.41) is 7.25. The normalized spacial score (nSPS) is 18.1. The third kappa shape index (κ3) is 2.90. The molecule has 0 radical (unpaired) electrons. The van der Waals surface area contributed by atoms with Crippen LogP contribution in [0.2, 0.25) is 0 Å². The van der Waals surface area contributed by atoms with Crippen LogP contribution >= 0.6 is 0 Å². The minimum atomic E-state index is 0.0420. The van der Waals surface area contributed by atoms with Crippen LogP contribution in [0.3, 0.4) is 0 Å². The molecule has 3 rings (SSSR count). The van der Waals surface area contributed by atoms with Crippen LogP contribution in [0.4, 0.5) is 5.69 Å². The molecule has 1 aromatic heterocycles. The molecule has 1 amide bonds. The lowest BCUT2D eigenvalue weighted by Gasteiger charge is -2.41. The molecule has 1 aliphatic rings. The number of rotatable bonds is 3. The molecular formula is C19H26N4O. The number of benzene rings is 1. The van der Waals surface area contributed by atoms with E-state index in [1.54, 1.807) is 0 Å². The minimum absolute atomic E-state index is 0.0420. The first kappa shape index (κ1) is 16.6. The maximum atomic E-state index is 12.9. The van der Waals surface area contributed by atoms with E-state index in [4.69, 9.17) is 0 Å². The maximum Gasteiger partial charge on any atom is 0.274 e. The van der Waals surface area contributed by atoms with Gasteiger partial charge in [0, 0.05) is 42.6 Å². The number of nitrogens with one attached hydrogen (secondary N) is 1. The third-order valence-electron chi connectivity index (χ3n) is 5.01. The molecule has 0 saturated carbocycles. The smallest absolute Gasteiger partial charge is 0.274 e. The van der Waals surface area contributed by atoms with Gasteiger partial charge in [0.15, 0.2) is 5.69 Å². The van der Waals surface area contributed by atoms with Gasteiger partial charge in [0.2, 0.25) is 0 Å². The summed E-state index contributed by atoms with van der Waals surface area (Å²) in [4.78, 5) is 17.2. The van der Waals surface area contributed by atoms with Crippen molar-refractivity contribution >= 4 is 11.6 Å². The van der Waals surface area contributed by atoms with Crippen LogP contribution < -0.4 is 4.90 Å². The fraction of sp³-hybridized carbons (Fsp3) is 0.474. The van der Waals surface area contributed by atoms with Gasteiger partial charge in [0.05, 0.1) is 0 Å². The second-order valence-electron chi connectivity index (χ2n) is 6.61. The van der Waals surface area contributed by atoms with E-state index in [1.165, 1.54) is 11.3 Å². The number of hydrogen-bond donors (Lipinski definition) is 1. The van der Waals surface area contributed by atoms with Crippen molar-refractivity contribution in [2.75, 3.05) is 24.5 Å². The van der Waals surface area contributed by atoms with Crippen molar-refractivity contribution in [2.24, 2.45) is 0 Å². The van der Waals surface area contributed by atoms with Crippen LogP contribution in [0.1, 0.15) is 41.2 Å². The van der Waals surface area contributed by atoms with Crippen molar-refractivity contribution in [1.82, 2.24) is 15.1 Å². The van der Waals surface area contributed by atoms with E-state index < -0.39 is 0 Å². The Labute approximate surface area is 143 Å². The predicted molar refractivity (Wildman–Crippen MR) is 96.6 cm³/mol. The molecule has 1 N–H and O–H groups in total. The Morgan fingerprint density at radius 1 is 1.29 bits per heavy atom. The molecule has 2 heterocycles. The zero-order valence-electron chi connectivity index (χ0n) is 15.0. The Balaban J connectivity index is 1.75. The highest BCUT2D eigenvalue weighted by Gasteiger charge is 2.30. The first-order chi connectivity index (χ1) is 11.5. The van der Waals surface area contributed by atoms with Crippen molar-refractivity contribution in [1.29, 1.82) is 0 Å². The summed E-state index contributed by atoms with van der Waals surface area (Å²) in [6.07, 6.45) is 0.864. The molecule has 1 aliphatic heterocycles. The summed E-state index contributed by atoms with van der Waals surface area (Å²) >= 11 is 0. The number of aromatic nitrogens is 2. The van der Waals surface area contributed by atoms with Gasteiger partial charge < -0.3 is 9.80 Å². The Bertz CT molecular complexity index is 737. The number of carbonyl (C=O) groups is 1. The third-order valence-corrected chi connectivity index (χ3v) is 5.01. The molecule has 24 heavy (non-hydrogen) atoms. The lowest BCUT2D eigenvalue weighted by molar-refractivity contribution is 0.0667. The lowest BCUT2D eigenvalue weighted by Crippen LogP contribution is -2.54. The van der Waals surface area contributed by atoms with Crippen molar-refractivity contribution in [3.05, 3.63) is 46.8 Å². The molecule has 0 aliphatic carbocycles. The van der Waals surface area contributed by atoms with E-state index in [9.17, 15) is 4.79 Å². The van der Waals surface area contributed by atoms with Crippen LogP contribution in [0.5, 0.6) is 0 Å². The average molecular weight is 326 g/mol. The molecule has 1 atom stereocenters. The number of anilines is 1. The quantitative estimate of drug-likeness (QED) is 0.943. The van der Waals surface area contributed by atoms with Crippen LogP contribution in [-0.4, -0.2) is 46.7 Å². The Kier molecular flexibility index (Phi) is 4.60. The topological polar surface area (TPSA) is 52.2 Å². The summed E-state index contributed by atoms with van der Waals surface area (Å²) in [6.45, 7) is 10.7. The highest BCUT2D eigenvalue weighted by Crippen LogP contribution is 2.24. The van der Waals surface area contributed by atoms with Gasteiger partial charge in [0.25, 0.3) is 5.91 Å². The second-order valence-corrected chi connectivity index (χ2v) is 6.61. The molecule has 5 nitrogen and oxygen atoms in total. The molecule has 1 aromatic carbocycles. The fourth-order valence-corrected chi connectivity index (χ4v) is 3.52. The maximum absolute atomic E-state index is 12.9. The van der Waals surface area contributed by atoms with Crippen LogP contribution in [-0.2, 0) is 6.42 Å². The summed E-state index contributed by atoms with van der Waals surface area (Å²) < 4.78 is 0. The van der Waals surface area contributed by atoms with Crippen molar-refractivity contribution in [3.8, 4) is 0 Å². The summed E-state index contributed by atoms with van der Waals surface area (Å²) in [7, 11) is 0. The van der Waals surface area contributed by atoms with Crippen molar-refractivity contribution in [2.45, 2.75) is 40.2 Å². The van der Waals surface area contributed by atoms with E-state index in [0.717, 1.165) is 37.3 Å². The average Bonchev–Trinajstić information content (AvgIpc) is 2.95. The van der Waals surface area contributed by atoms with Gasteiger partial charge in [-0.1, -0.05) is 25.1 Å².